The number of aromatic nitrogens is 2. The Morgan fingerprint density at radius 1 is 1.14 bits per heavy atom. The Kier molecular flexibility index (Phi) is 6.15. The van der Waals surface area contributed by atoms with E-state index in [4.69, 9.17) is 11.6 Å². The Balaban J connectivity index is 2.86. The lowest BCUT2D eigenvalue weighted by Gasteiger charge is -2.16. The van der Waals surface area contributed by atoms with Gasteiger partial charge in [0.1, 0.15) is 11.3 Å². The average molecular weight is 457 g/mol. The zero-order chi connectivity index (χ0) is 22.5. The van der Waals surface area contributed by atoms with E-state index in [1.165, 1.54) is 19.1 Å². The van der Waals surface area contributed by atoms with Crippen molar-refractivity contribution < 1.29 is 26.3 Å². The van der Waals surface area contributed by atoms with Gasteiger partial charge in [0.15, 0.2) is 5.69 Å². The maximum atomic E-state index is 13.6. The van der Waals surface area contributed by atoms with E-state index >= 15 is 0 Å². The van der Waals surface area contributed by atoms with Gasteiger partial charge in [-0.1, -0.05) is 30.9 Å². The molecule has 0 atom stereocenters. The third-order valence-electron chi connectivity index (χ3n) is 4.52. The molecule has 0 aliphatic rings. The largest absolute Gasteiger partial charge is 0.433 e. The SMILES string of the molecule is C=P(C)(C)/C(C)=C/c1cc(-c2nn(C)c(C(F)(F)F)c2C(F)(F)F)c(C)cc1Cl. The van der Waals surface area contributed by atoms with E-state index in [1.54, 1.807) is 6.08 Å². The van der Waals surface area contributed by atoms with Gasteiger partial charge in [-0.3, -0.25) is 4.68 Å². The van der Waals surface area contributed by atoms with Crippen LogP contribution in [0.15, 0.2) is 17.4 Å². The van der Waals surface area contributed by atoms with E-state index in [9.17, 15) is 26.3 Å². The van der Waals surface area contributed by atoms with Crippen LogP contribution in [0.3, 0.4) is 0 Å². The smallest absolute Gasteiger partial charge is 0.262 e. The van der Waals surface area contributed by atoms with Crippen LogP contribution in [0, 0.1) is 6.92 Å². The molecule has 0 aliphatic heterocycles. The molecule has 0 saturated heterocycles. The highest BCUT2D eigenvalue weighted by molar-refractivity contribution is 7.76. The Morgan fingerprint density at radius 3 is 2.14 bits per heavy atom. The van der Waals surface area contributed by atoms with Crippen LogP contribution in [0.2, 0.25) is 5.02 Å². The van der Waals surface area contributed by atoms with Crippen molar-refractivity contribution in [3.05, 3.63) is 44.9 Å². The lowest BCUT2D eigenvalue weighted by atomic mass is 9.98. The van der Waals surface area contributed by atoms with Crippen LogP contribution >= 0.6 is 18.5 Å². The fourth-order valence-corrected chi connectivity index (χ4v) is 3.52. The Labute approximate surface area is 170 Å². The molecule has 29 heavy (non-hydrogen) atoms. The molecular formula is C19H20ClF6N2P. The Hall–Kier alpha value is -1.66. The molecule has 0 aliphatic carbocycles. The fraction of sp³-hybridized carbons (Fsp3) is 0.368. The van der Waals surface area contributed by atoms with Crippen molar-refractivity contribution in [1.29, 1.82) is 0 Å². The van der Waals surface area contributed by atoms with Gasteiger partial charge in [-0.2, -0.15) is 31.4 Å². The van der Waals surface area contributed by atoms with E-state index in [-0.39, 0.29) is 20.8 Å². The third-order valence-corrected chi connectivity index (χ3v) is 6.88. The molecule has 1 heterocycles. The summed E-state index contributed by atoms with van der Waals surface area (Å²) in [5.41, 5.74) is -3.81. The average Bonchev–Trinajstić information content (AvgIpc) is 2.86. The highest BCUT2D eigenvalue weighted by Crippen LogP contribution is 2.48. The van der Waals surface area contributed by atoms with Gasteiger partial charge in [0.2, 0.25) is 0 Å². The summed E-state index contributed by atoms with van der Waals surface area (Å²) < 4.78 is 81.0. The fourth-order valence-electron chi connectivity index (χ4n) is 2.76. The topological polar surface area (TPSA) is 17.8 Å². The van der Waals surface area contributed by atoms with Crippen molar-refractivity contribution in [3.8, 4) is 11.3 Å². The predicted octanol–water partition coefficient (Wildman–Crippen LogP) is 7.16. The van der Waals surface area contributed by atoms with Gasteiger partial charge in [0.25, 0.3) is 0 Å². The molecule has 1 aromatic heterocycles. The second kappa shape index (κ2) is 7.55. The van der Waals surface area contributed by atoms with Gasteiger partial charge in [-0.15, -0.1) is 0 Å². The van der Waals surface area contributed by atoms with Crippen molar-refractivity contribution >= 4 is 30.9 Å². The molecule has 160 valence electrons. The molecule has 0 spiro atoms. The van der Waals surface area contributed by atoms with Crippen LogP contribution in [-0.4, -0.2) is 29.4 Å². The summed E-state index contributed by atoms with van der Waals surface area (Å²) in [7, 11) is 0.841. The molecular weight excluding hydrogens is 437 g/mol. The van der Waals surface area contributed by atoms with E-state index in [0.717, 1.165) is 12.4 Å². The van der Waals surface area contributed by atoms with Crippen molar-refractivity contribution in [2.24, 2.45) is 7.05 Å². The molecule has 0 fully saturated rings. The number of benzene rings is 1. The van der Waals surface area contributed by atoms with Crippen molar-refractivity contribution in [2.45, 2.75) is 26.2 Å². The molecule has 0 saturated carbocycles. The molecule has 1 aromatic carbocycles. The summed E-state index contributed by atoms with van der Waals surface area (Å²) >= 11 is 6.24. The maximum absolute atomic E-state index is 13.6. The zero-order valence-electron chi connectivity index (χ0n) is 16.4. The minimum absolute atomic E-state index is 0.0629. The summed E-state index contributed by atoms with van der Waals surface area (Å²) in [5.74, 6) is 0. The van der Waals surface area contributed by atoms with Crippen LogP contribution in [0.5, 0.6) is 0 Å². The number of rotatable bonds is 3. The first kappa shape index (κ1) is 23.6. The van der Waals surface area contributed by atoms with Crippen LogP contribution in [0.4, 0.5) is 26.3 Å². The van der Waals surface area contributed by atoms with E-state index in [0.29, 0.717) is 5.56 Å². The number of allylic oxidation sites excluding steroid dienone is 1. The highest BCUT2D eigenvalue weighted by Gasteiger charge is 2.49. The number of halogens is 7. The van der Waals surface area contributed by atoms with Gasteiger partial charge in [-0.25, -0.2) is 0 Å². The zero-order valence-corrected chi connectivity index (χ0v) is 18.1. The summed E-state index contributed by atoms with van der Waals surface area (Å²) in [6, 6.07) is 2.77. The van der Waals surface area contributed by atoms with Crippen LogP contribution in [0.25, 0.3) is 17.3 Å². The van der Waals surface area contributed by atoms with Gasteiger partial charge in [0.05, 0.1) is 0 Å². The molecule has 0 unspecified atom stereocenters. The number of nitrogens with zero attached hydrogens (tertiary/aromatic N) is 2. The van der Waals surface area contributed by atoms with Gasteiger partial charge < -0.3 is 0 Å². The minimum Gasteiger partial charge on any atom is -0.262 e. The second-order valence-corrected chi connectivity index (χ2v) is 11.8. The normalized spacial score (nSPS) is 13.9. The van der Waals surface area contributed by atoms with Crippen LogP contribution in [0.1, 0.15) is 29.3 Å². The molecule has 0 amide bonds. The molecule has 2 aromatic rings. The van der Waals surface area contributed by atoms with Crippen LogP contribution < -0.4 is 0 Å². The first-order chi connectivity index (χ1) is 12.9. The number of hydrogen-bond donors (Lipinski definition) is 0. The number of hydrogen-bond acceptors (Lipinski definition) is 1. The Morgan fingerprint density at radius 2 is 1.69 bits per heavy atom. The minimum atomic E-state index is -5.24. The van der Waals surface area contributed by atoms with Crippen LogP contribution in [-0.2, 0) is 19.4 Å². The van der Waals surface area contributed by atoms with Crippen molar-refractivity contribution in [2.75, 3.05) is 13.3 Å². The standard InChI is InChI=1S/C19H20ClF6N2P/c1-10-7-14(20)12(8-11(2)29(4,5)6)9-13(10)16-15(18(21,22)23)17(19(24,25)26)28(3)27-16/h7-9H,4H2,1-3,5-6H3/b11-8+. The maximum Gasteiger partial charge on any atom is 0.433 e. The Bertz CT molecular complexity index is 1020. The third kappa shape index (κ3) is 4.92. The number of aryl methyl sites for hydroxylation is 2. The summed E-state index contributed by atoms with van der Waals surface area (Å²) in [5, 5.41) is 4.76. The number of alkyl halides is 6. The first-order valence-electron chi connectivity index (χ1n) is 8.33. The molecule has 10 heteroatoms. The van der Waals surface area contributed by atoms with E-state index < -0.39 is 36.2 Å². The summed E-state index contributed by atoms with van der Waals surface area (Å²) in [6.45, 7) is 5.57. The van der Waals surface area contributed by atoms with E-state index in [1.807, 2.05) is 20.3 Å². The molecule has 2 rings (SSSR count). The molecule has 2 nitrogen and oxygen atoms in total. The summed E-state index contributed by atoms with van der Waals surface area (Å²) in [4.78, 5) is 0. The summed E-state index contributed by atoms with van der Waals surface area (Å²) in [6.07, 6.45) is -4.66. The van der Waals surface area contributed by atoms with Gasteiger partial charge >= 0.3 is 12.4 Å². The van der Waals surface area contributed by atoms with Gasteiger partial charge in [0, 0.05) is 17.6 Å². The van der Waals surface area contributed by atoms with E-state index in [2.05, 4.69) is 11.4 Å². The quantitative estimate of drug-likeness (QED) is 0.354. The van der Waals surface area contributed by atoms with Crippen molar-refractivity contribution in [3.63, 3.8) is 0 Å². The molecule has 0 bridgehead atoms. The molecule has 0 N–H and O–H groups in total. The predicted molar refractivity (Wildman–Crippen MR) is 108 cm³/mol. The second-order valence-electron chi connectivity index (χ2n) is 7.35. The lowest BCUT2D eigenvalue weighted by molar-refractivity contribution is -0.165. The lowest BCUT2D eigenvalue weighted by Crippen LogP contribution is -2.19. The van der Waals surface area contributed by atoms with Crippen molar-refractivity contribution in [1.82, 2.24) is 9.78 Å². The molecule has 0 radical (unpaired) electrons. The first-order valence-corrected chi connectivity index (χ1v) is 11.6. The van der Waals surface area contributed by atoms with Gasteiger partial charge in [-0.05, 0) is 55.8 Å². The highest BCUT2D eigenvalue weighted by atomic mass is 35.5. The monoisotopic (exact) mass is 456 g/mol.